The number of anilines is 1. The molecule has 1 aromatic rings. The fourth-order valence-corrected chi connectivity index (χ4v) is 1.87. The Morgan fingerprint density at radius 3 is 2.94 bits per heavy atom. The topological polar surface area (TPSA) is 66.8 Å². The van der Waals surface area contributed by atoms with E-state index in [4.69, 9.17) is 9.84 Å². The summed E-state index contributed by atoms with van der Waals surface area (Å²) >= 11 is 0. The molecule has 1 aromatic carbocycles. The zero-order valence-corrected chi connectivity index (χ0v) is 9.47. The maximum Gasteiger partial charge on any atom is 0.341 e. The van der Waals surface area contributed by atoms with E-state index in [1.165, 1.54) is 0 Å². The van der Waals surface area contributed by atoms with Gasteiger partial charge in [0.2, 0.25) is 5.91 Å². The Bertz CT molecular complexity index is 470. The zero-order valence-electron chi connectivity index (χ0n) is 9.47. The van der Waals surface area contributed by atoms with Gasteiger partial charge in [-0.1, -0.05) is 0 Å². The van der Waals surface area contributed by atoms with Crippen LogP contribution in [-0.4, -0.2) is 30.6 Å². The fraction of sp³-hybridized carbons (Fsp3) is 0.333. The predicted octanol–water partition coefficient (Wildman–Crippen LogP) is 1.06. The Balaban J connectivity index is 2.20. The van der Waals surface area contributed by atoms with E-state index >= 15 is 0 Å². The maximum absolute atomic E-state index is 11.5. The second-order valence-corrected chi connectivity index (χ2v) is 3.93. The summed E-state index contributed by atoms with van der Waals surface area (Å²) in [6, 6.07) is 5.25. The van der Waals surface area contributed by atoms with E-state index in [2.05, 4.69) is 0 Å². The van der Waals surface area contributed by atoms with Gasteiger partial charge in [0, 0.05) is 19.2 Å². The molecule has 0 aromatic heterocycles. The summed E-state index contributed by atoms with van der Waals surface area (Å²) < 4.78 is 5.09. The van der Waals surface area contributed by atoms with Gasteiger partial charge in [-0.05, 0) is 30.2 Å². The van der Waals surface area contributed by atoms with Crippen molar-refractivity contribution in [3.8, 4) is 5.75 Å². The number of benzene rings is 1. The van der Waals surface area contributed by atoms with Crippen LogP contribution < -0.4 is 9.64 Å². The third kappa shape index (κ3) is 2.38. The first-order valence-corrected chi connectivity index (χ1v) is 5.32. The average Bonchev–Trinajstić information content (AvgIpc) is 2.31. The number of hydrogen-bond acceptors (Lipinski definition) is 3. The standard InChI is InChI=1S/C12H13NO4/c1-13-10-4-3-9(17-7-12(15)16)6-8(10)2-5-11(13)14/h3-4,6H,2,5,7H2,1H3,(H,15,16). The molecule has 0 bridgehead atoms. The van der Waals surface area contributed by atoms with Crippen LogP contribution in [-0.2, 0) is 16.0 Å². The Morgan fingerprint density at radius 2 is 2.24 bits per heavy atom. The number of aryl methyl sites for hydroxylation is 1. The highest BCUT2D eigenvalue weighted by Crippen LogP contribution is 2.29. The van der Waals surface area contributed by atoms with Crippen molar-refractivity contribution < 1.29 is 19.4 Å². The van der Waals surface area contributed by atoms with Gasteiger partial charge in [-0.2, -0.15) is 0 Å². The Kier molecular flexibility index (Phi) is 2.99. The molecule has 0 spiro atoms. The highest BCUT2D eigenvalue weighted by Gasteiger charge is 2.20. The molecular weight excluding hydrogens is 222 g/mol. The van der Waals surface area contributed by atoms with Crippen molar-refractivity contribution >= 4 is 17.6 Å². The summed E-state index contributed by atoms with van der Waals surface area (Å²) in [5, 5.41) is 8.51. The molecule has 0 fully saturated rings. The van der Waals surface area contributed by atoms with Gasteiger partial charge in [-0.25, -0.2) is 4.79 Å². The summed E-state index contributed by atoms with van der Waals surface area (Å²) in [7, 11) is 1.73. The molecule has 5 nitrogen and oxygen atoms in total. The summed E-state index contributed by atoms with van der Waals surface area (Å²) in [5.41, 5.74) is 1.87. The molecule has 1 aliphatic heterocycles. The molecule has 90 valence electrons. The van der Waals surface area contributed by atoms with E-state index in [0.717, 1.165) is 11.3 Å². The SMILES string of the molecule is CN1C(=O)CCc2cc(OCC(=O)O)ccc21. The first-order valence-electron chi connectivity index (χ1n) is 5.32. The number of nitrogens with zero attached hydrogens (tertiary/aromatic N) is 1. The summed E-state index contributed by atoms with van der Waals surface area (Å²) in [6.45, 7) is -0.354. The van der Waals surface area contributed by atoms with Gasteiger partial charge in [0.25, 0.3) is 0 Å². The van der Waals surface area contributed by atoms with Crippen LogP contribution in [0.5, 0.6) is 5.75 Å². The molecule has 1 amide bonds. The second kappa shape index (κ2) is 4.45. The van der Waals surface area contributed by atoms with E-state index in [0.29, 0.717) is 18.6 Å². The number of hydrogen-bond donors (Lipinski definition) is 1. The number of aliphatic carboxylic acids is 1. The van der Waals surface area contributed by atoms with Crippen molar-refractivity contribution in [2.75, 3.05) is 18.6 Å². The van der Waals surface area contributed by atoms with E-state index in [1.807, 2.05) is 0 Å². The fourth-order valence-electron chi connectivity index (χ4n) is 1.87. The lowest BCUT2D eigenvalue weighted by molar-refractivity contribution is -0.139. The summed E-state index contributed by atoms with van der Waals surface area (Å²) in [6.07, 6.45) is 1.15. The van der Waals surface area contributed by atoms with Crippen molar-refractivity contribution in [1.82, 2.24) is 0 Å². The van der Waals surface area contributed by atoms with Gasteiger partial charge in [-0.15, -0.1) is 0 Å². The third-order valence-corrected chi connectivity index (χ3v) is 2.76. The van der Waals surface area contributed by atoms with E-state index < -0.39 is 5.97 Å². The van der Waals surface area contributed by atoms with Crippen molar-refractivity contribution in [3.63, 3.8) is 0 Å². The minimum absolute atomic E-state index is 0.0942. The van der Waals surface area contributed by atoms with E-state index in [-0.39, 0.29) is 12.5 Å². The molecule has 17 heavy (non-hydrogen) atoms. The molecule has 1 aliphatic rings. The lowest BCUT2D eigenvalue weighted by atomic mass is 10.0. The van der Waals surface area contributed by atoms with Gasteiger partial charge < -0.3 is 14.7 Å². The predicted molar refractivity (Wildman–Crippen MR) is 61.3 cm³/mol. The molecule has 0 aliphatic carbocycles. The van der Waals surface area contributed by atoms with Crippen molar-refractivity contribution in [2.24, 2.45) is 0 Å². The number of amides is 1. The first kappa shape index (κ1) is 11.4. The zero-order chi connectivity index (χ0) is 12.4. The van der Waals surface area contributed by atoms with Gasteiger partial charge in [0.1, 0.15) is 5.75 Å². The summed E-state index contributed by atoms with van der Waals surface area (Å²) in [5.74, 6) is -0.388. The molecule has 0 saturated heterocycles. The van der Waals surface area contributed by atoms with E-state index in [1.54, 1.807) is 30.1 Å². The third-order valence-electron chi connectivity index (χ3n) is 2.76. The van der Waals surface area contributed by atoms with Crippen LogP contribution in [0.25, 0.3) is 0 Å². The monoisotopic (exact) mass is 235 g/mol. The second-order valence-electron chi connectivity index (χ2n) is 3.93. The number of carbonyl (C=O) groups excluding carboxylic acids is 1. The molecule has 5 heteroatoms. The molecule has 0 unspecified atom stereocenters. The van der Waals surface area contributed by atoms with Crippen LogP contribution in [0.2, 0.25) is 0 Å². The number of ether oxygens (including phenoxy) is 1. The minimum Gasteiger partial charge on any atom is -0.482 e. The van der Waals surface area contributed by atoms with Crippen LogP contribution in [0.1, 0.15) is 12.0 Å². The first-order chi connectivity index (χ1) is 8.08. The molecule has 0 radical (unpaired) electrons. The largest absolute Gasteiger partial charge is 0.482 e. The van der Waals surface area contributed by atoms with Gasteiger partial charge in [-0.3, -0.25) is 4.79 Å². The summed E-state index contributed by atoms with van der Waals surface area (Å²) in [4.78, 5) is 23.5. The minimum atomic E-state index is -1.00. The molecule has 1 heterocycles. The van der Waals surface area contributed by atoms with Crippen molar-refractivity contribution in [3.05, 3.63) is 23.8 Å². The number of carboxylic acid groups (broad SMARTS) is 1. The lowest BCUT2D eigenvalue weighted by Gasteiger charge is -2.25. The number of fused-ring (bicyclic) bond motifs is 1. The highest BCUT2D eigenvalue weighted by atomic mass is 16.5. The molecule has 1 N–H and O–H groups in total. The normalized spacial score (nSPS) is 14.4. The number of carboxylic acids is 1. The molecule has 0 atom stereocenters. The highest BCUT2D eigenvalue weighted by molar-refractivity contribution is 5.95. The quantitative estimate of drug-likeness (QED) is 0.850. The number of rotatable bonds is 3. The molecule has 0 saturated carbocycles. The Hall–Kier alpha value is -2.04. The van der Waals surface area contributed by atoms with Gasteiger partial charge in [0.05, 0.1) is 0 Å². The van der Waals surface area contributed by atoms with Crippen molar-refractivity contribution in [2.45, 2.75) is 12.8 Å². The molecule has 2 rings (SSSR count). The Morgan fingerprint density at radius 1 is 1.47 bits per heavy atom. The smallest absolute Gasteiger partial charge is 0.341 e. The van der Waals surface area contributed by atoms with Crippen LogP contribution >= 0.6 is 0 Å². The van der Waals surface area contributed by atoms with Crippen LogP contribution in [0, 0.1) is 0 Å². The van der Waals surface area contributed by atoms with Crippen LogP contribution in [0.4, 0.5) is 5.69 Å². The van der Waals surface area contributed by atoms with Crippen LogP contribution in [0.3, 0.4) is 0 Å². The average molecular weight is 235 g/mol. The van der Waals surface area contributed by atoms with Gasteiger partial charge in [0.15, 0.2) is 6.61 Å². The lowest BCUT2D eigenvalue weighted by Crippen LogP contribution is -2.31. The van der Waals surface area contributed by atoms with Gasteiger partial charge >= 0.3 is 5.97 Å². The van der Waals surface area contributed by atoms with Crippen LogP contribution in [0.15, 0.2) is 18.2 Å². The number of carbonyl (C=O) groups is 2. The van der Waals surface area contributed by atoms with E-state index in [9.17, 15) is 9.59 Å². The van der Waals surface area contributed by atoms with Crippen molar-refractivity contribution in [1.29, 1.82) is 0 Å². The Labute approximate surface area is 98.6 Å². The molecular formula is C12H13NO4. The maximum atomic E-state index is 11.5.